The van der Waals surface area contributed by atoms with Crippen molar-refractivity contribution in [2.75, 3.05) is 13.7 Å². The number of rotatable bonds is 1. The van der Waals surface area contributed by atoms with E-state index in [2.05, 4.69) is 44.1 Å². The molecule has 6 atom stereocenters. The van der Waals surface area contributed by atoms with Crippen LogP contribution in [0.4, 0.5) is 4.79 Å². The highest BCUT2D eigenvalue weighted by molar-refractivity contribution is 5.73. The molecule has 2 heterocycles. The van der Waals surface area contributed by atoms with Crippen molar-refractivity contribution in [2.45, 2.75) is 65.3 Å². The minimum Gasteiger partial charge on any atom is -0.453 e. The summed E-state index contributed by atoms with van der Waals surface area (Å²) in [6.45, 7) is 7.97. The summed E-state index contributed by atoms with van der Waals surface area (Å²) in [7, 11) is 1.52. The minimum atomic E-state index is -0.130. The van der Waals surface area contributed by atoms with Gasteiger partial charge in [-0.3, -0.25) is 4.98 Å². The first-order valence-corrected chi connectivity index (χ1v) is 11.4. The standard InChI is InChI=1S/C25H34N2O2/c1-16-13-17(15-26-14-16)19-6-7-20-18-5-8-22-25(3,11-12-27(22)23(28)29-4)21(18)9-10-24(19,20)2/h6,13-15,18,20-22H,5,7-12H2,1-4H3. The topological polar surface area (TPSA) is 42.4 Å². The first kappa shape index (κ1) is 19.1. The van der Waals surface area contributed by atoms with Gasteiger partial charge in [-0.1, -0.05) is 19.9 Å². The summed E-state index contributed by atoms with van der Waals surface area (Å²) in [5.41, 5.74) is 4.61. The molecule has 1 aromatic heterocycles. The Labute approximate surface area is 174 Å². The summed E-state index contributed by atoms with van der Waals surface area (Å²) >= 11 is 0. The van der Waals surface area contributed by atoms with E-state index in [-0.39, 0.29) is 16.9 Å². The lowest BCUT2D eigenvalue weighted by atomic mass is 9.48. The van der Waals surface area contributed by atoms with E-state index in [0.29, 0.717) is 6.04 Å². The van der Waals surface area contributed by atoms with E-state index in [9.17, 15) is 4.79 Å². The fourth-order valence-electron chi connectivity index (χ4n) is 7.87. The second kappa shape index (κ2) is 6.58. The van der Waals surface area contributed by atoms with E-state index in [1.807, 2.05) is 11.1 Å². The van der Waals surface area contributed by atoms with E-state index in [1.54, 1.807) is 0 Å². The number of ether oxygens (including phenoxy) is 1. The van der Waals surface area contributed by atoms with Crippen LogP contribution in [0.1, 0.15) is 63.5 Å². The predicted octanol–water partition coefficient (Wildman–Crippen LogP) is 5.47. The first-order chi connectivity index (χ1) is 13.9. The van der Waals surface area contributed by atoms with E-state index < -0.39 is 0 Å². The van der Waals surface area contributed by atoms with Crippen LogP contribution < -0.4 is 0 Å². The average molecular weight is 395 g/mol. The van der Waals surface area contributed by atoms with Crippen LogP contribution in [0.2, 0.25) is 0 Å². The second-order valence-electron chi connectivity index (χ2n) is 10.4. The molecular formula is C25H34N2O2. The van der Waals surface area contributed by atoms with Gasteiger partial charge in [0.25, 0.3) is 0 Å². The Bertz CT molecular complexity index is 864. The molecule has 0 N–H and O–H groups in total. The summed E-state index contributed by atoms with van der Waals surface area (Å²) in [5, 5.41) is 0. The molecule has 0 bridgehead atoms. The van der Waals surface area contributed by atoms with Gasteiger partial charge in [0, 0.05) is 25.0 Å². The number of hydrogen-bond acceptors (Lipinski definition) is 3. The Hall–Kier alpha value is -1.84. The van der Waals surface area contributed by atoms with Crippen molar-refractivity contribution in [3.8, 4) is 0 Å². The molecule has 6 unspecified atom stereocenters. The Balaban J connectivity index is 1.43. The molecule has 1 amide bonds. The zero-order valence-electron chi connectivity index (χ0n) is 18.3. The zero-order chi connectivity index (χ0) is 20.4. The number of allylic oxidation sites excluding steroid dienone is 2. The van der Waals surface area contributed by atoms with E-state index in [0.717, 1.165) is 37.1 Å². The van der Waals surface area contributed by atoms with Crippen LogP contribution in [0.3, 0.4) is 0 Å². The van der Waals surface area contributed by atoms with Crippen molar-refractivity contribution in [2.24, 2.45) is 28.6 Å². The highest BCUT2D eigenvalue weighted by Gasteiger charge is 2.61. The van der Waals surface area contributed by atoms with Crippen molar-refractivity contribution < 1.29 is 9.53 Å². The molecule has 4 nitrogen and oxygen atoms in total. The number of amides is 1. The van der Waals surface area contributed by atoms with Gasteiger partial charge in [0.2, 0.25) is 0 Å². The fourth-order valence-corrected chi connectivity index (χ4v) is 7.87. The number of aromatic nitrogens is 1. The maximum absolute atomic E-state index is 12.3. The quantitative estimate of drug-likeness (QED) is 0.634. The van der Waals surface area contributed by atoms with Crippen LogP contribution in [-0.4, -0.2) is 35.7 Å². The number of hydrogen-bond donors (Lipinski definition) is 0. The number of pyridine rings is 1. The lowest BCUT2D eigenvalue weighted by Crippen LogP contribution is -2.54. The van der Waals surface area contributed by atoms with Crippen molar-refractivity contribution in [3.63, 3.8) is 0 Å². The van der Waals surface area contributed by atoms with Gasteiger partial charge in [-0.15, -0.1) is 0 Å². The molecule has 5 rings (SSSR count). The molecule has 3 aliphatic carbocycles. The predicted molar refractivity (Wildman–Crippen MR) is 114 cm³/mol. The van der Waals surface area contributed by atoms with Crippen LogP contribution in [0.15, 0.2) is 24.5 Å². The molecule has 1 aromatic rings. The number of fused-ring (bicyclic) bond motifs is 5. The highest BCUT2D eigenvalue weighted by Crippen LogP contribution is 2.66. The van der Waals surface area contributed by atoms with E-state index in [4.69, 9.17) is 4.74 Å². The van der Waals surface area contributed by atoms with Crippen molar-refractivity contribution in [1.29, 1.82) is 0 Å². The number of methoxy groups -OCH3 is 1. The second-order valence-corrected chi connectivity index (χ2v) is 10.4. The minimum absolute atomic E-state index is 0.130. The van der Waals surface area contributed by atoms with Gasteiger partial charge in [-0.25, -0.2) is 4.79 Å². The zero-order valence-corrected chi connectivity index (χ0v) is 18.3. The smallest absolute Gasteiger partial charge is 0.409 e. The third-order valence-electron chi connectivity index (χ3n) is 9.26. The van der Waals surface area contributed by atoms with Gasteiger partial charge in [-0.05, 0) is 96.8 Å². The molecule has 3 fully saturated rings. The molecule has 4 aliphatic rings. The monoisotopic (exact) mass is 394 g/mol. The van der Waals surface area contributed by atoms with Gasteiger partial charge in [-0.2, -0.15) is 0 Å². The molecule has 4 heteroatoms. The number of aryl methyl sites for hydroxylation is 1. The lowest BCUT2D eigenvalue weighted by Gasteiger charge is -2.57. The van der Waals surface area contributed by atoms with E-state index in [1.165, 1.54) is 49.5 Å². The molecule has 1 aliphatic heterocycles. The maximum atomic E-state index is 12.3. The summed E-state index contributed by atoms with van der Waals surface area (Å²) in [6, 6.07) is 2.66. The third kappa shape index (κ3) is 2.63. The average Bonchev–Trinajstić information content (AvgIpc) is 3.24. The molecular weight excluding hydrogens is 360 g/mol. The fraction of sp³-hybridized carbons (Fsp3) is 0.680. The first-order valence-electron chi connectivity index (χ1n) is 11.4. The van der Waals surface area contributed by atoms with Crippen molar-refractivity contribution >= 4 is 11.7 Å². The molecule has 29 heavy (non-hydrogen) atoms. The van der Waals surface area contributed by atoms with Crippen LogP contribution in [0.25, 0.3) is 5.57 Å². The molecule has 0 radical (unpaired) electrons. The maximum Gasteiger partial charge on any atom is 0.409 e. The van der Waals surface area contributed by atoms with Gasteiger partial charge in [0.05, 0.1) is 7.11 Å². The highest BCUT2D eigenvalue weighted by atomic mass is 16.5. The van der Waals surface area contributed by atoms with Crippen LogP contribution >= 0.6 is 0 Å². The molecule has 0 aromatic carbocycles. The Morgan fingerprint density at radius 1 is 1.17 bits per heavy atom. The van der Waals surface area contributed by atoms with Crippen LogP contribution in [-0.2, 0) is 4.74 Å². The van der Waals surface area contributed by atoms with Gasteiger partial charge in [0.15, 0.2) is 0 Å². The SMILES string of the molecule is COC(=O)N1CCC2(C)C3CCC4(C)C(c5cncc(C)c5)=CCC4C3CCC12. The Morgan fingerprint density at radius 2 is 2.00 bits per heavy atom. The summed E-state index contributed by atoms with van der Waals surface area (Å²) < 4.78 is 5.09. The number of nitrogens with zero attached hydrogens (tertiary/aromatic N) is 2. The number of likely N-dealkylation sites (tertiary alicyclic amines) is 1. The molecule has 156 valence electrons. The molecule has 1 saturated heterocycles. The van der Waals surface area contributed by atoms with Crippen LogP contribution in [0.5, 0.6) is 0 Å². The van der Waals surface area contributed by atoms with Crippen molar-refractivity contribution in [1.82, 2.24) is 9.88 Å². The third-order valence-corrected chi connectivity index (χ3v) is 9.26. The van der Waals surface area contributed by atoms with E-state index >= 15 is 0 Å². The summed E-state index contributed by atoms with van der Waals surface area (Å²) in [4.78, 5) is 18.8. The summed E-state index contributed by atoms with van der Waals surface area (Å²) in [5.74, 6) is 2.21. The van der Waals surface area contributed by atoms with Crippen LogP contribution in [0, 0.1) is 35.5 Å². The van der Waals surface area contributed by atoms with Gasteiger partial charge >= 0.3 is 6.09 Å². The molecule has 2 saturated carbocycles. The number of carbonyl (C=O) groups excluding carboxylic acids is 1. The van der Waals surface area contributed by atoms with Gasteiger partial charge < -0.3 is 9.64 Å². The Kier molecular flexibility index (Phi) is 4.34. The van der Waals surface area contributed by atoms with Crippen molar-refractivity contribution in [3.05, 3.63) is 35.7 Å². The largest absolute Gasteiger partial charge is 0.453 e. The lowest BCUT2D eigenvalue weighted by molar-refractivity contribution is -0.0608. The summed E-state index contributed by atoms with van der Waals surface area (Å²) in [6.07, 6.45) is 13.6. The van der Waals surface area contributed by atoms with Gasteiger partial charge in [0.1, 0.15) is 0 Å². The number of carbonyl (C=O) groups is 1. The normalized spacial score (nSPS) is 40.7. The molecule has 0 spiro atoms. The Morgan fingerprint density at radius 3 is 2.76 bits per heavy atom.